The number of aliphatic hydroxyl groups excluding tert-OH is 7. The highest BCUT2D eigenvalue weighted by atomic mass is 16.7. The Bertz CT molecular complexity index is 1840. The van der Waals surface area contributed by atoms with E-state index in [9.17, 15) is 45.3 Å². The van der Waals surface area contributed by atoms with Crippen LogP contribution >= 0.6 is 0 Å². The molecule has 2 rings (SSSR count). The molecule has 0 aromatic heterocycles. The molecular weight excluding hydrogens is 949 g/mol. The van der Waals surface area contributed by atoms with Gasteiger partial charge in [0.05, 0.1) is 19.8 Å². The molecule has 0 spiro atoms. The molecule has 0 amide bonds. The topological polar surface area (TPSA) is 231 Å². The molecular formula is C59H88O15. The van der Waals surface area contributed by atoms with Crippen molar-refractivity contribution in [3.8, 4) is 0 Å². The highest BCUT2D eigenvalue weighted by Crippen LogP contribution is 2.26. The van der Waals surface area contributed by atoms with Crippen molar-refractivity contribution in [1.29, 1.82) is 0 Å². The van der Waals surface area contributed by atoms with Crippen molar-refractivity contribution in [1.82, 2.24) is 0 Å². The van der Waals surface area contributed by atoms with E-state index < -0.39 is 99.3 Å². The van der Waals surface area contributed by atoms with Crippen LogP contribution in [-0.2, 0) is 38.0 Å². The number of hydrogen-bond donors (Lipinski definition) is 7. The second-order valence-corrected chi connectivity index (χ2v) is 17.6. The second-order valence-electron chi connectivity index (χ2n) is 17.6. The van der Waals surface area contributed by atoms with Gasteiger partial charge in [-0.2, -0.15) is 0 Å². The predicted molar refractivity (Wildman–Crippen MR) is 288 cm³/mol. The summed E-state index contributed by atoms with van der Waals surface area (Å²) in [6, 6.07) is 0. The van der Waals surface area contributed by atoms with Crippen molar-refractivity contribution in [3.63, 3.8) is 0 Å². The third-order valence-electron chi connectivity index (χ3n) is 11.3. The summed E-state index contributed by atoms with van der Waals surface area (Å²) in [5.74, 6) is -1.14. The molecule has 0 radical (unpaired) electrons. The quantitative estimate of drug-likeness (QED) is 0.0229. The van der Waals surface area contributed by atoms with Crippen molar-refractivity contribution in [3.05, 3.63) is 146 Å². The Morgan fingerprint density at radius 3 is 1.15 bits per heavy atom. The molecule has 15 nitrogen and oxygen atoms in total. The molecule has 414 valence electrons. The zero-order valence-electron chi connectivity index (χ0n) is 43.7. The number of aliphatic hydroxyl groups is 7. The molecule has 0 aromatic rings. The molecule has 0 bridgehead atoms. The predicted octanol–water partition coefficient (Wildman–Crippen LogP) is 8.04. The van der Waals surface area contributed by atoms with Crippen LogP contribution in [0.15, 0.2) is 146 Å². The zero-order valence-corrected chi connectivity index (χ0v) is 43.7. The van der Waals surface area contributed by atoms with Crippen molar-refractivity contribution < 1.29 is 73.8 Å². The lowest BCUT2D eigenvalue weighted by Gasteiger charge is -2.42. The molecule has 2 saturated heterocycles. The van der Waals surface area contributed by atoms with Gasteiger partial charge in [0.15, 0.2) is 18.7 Å². The van der Waals surface area contributed by atoms with Crippen LogP contribution in [0.2, 0.25) is 0 Å². The van der Waals surface area contributed by atoms with E-state index in [4.69, 9.17) is 28.4 Å². The summed E-state index contributed by atoms with van der Waals surface area (Å²) in [7, 11) is 0. The molecule has 0 aromatic carbocycles. The highest BCUT2D eigenvalue weighted by molar-refractivity contribution is 5.70. The van der Waals surface area contributed by atoms with Gasteiger partial charge in [-0.1, -0.05) is 160 Å². The van der Waals surface area contributed by atoms with Gasteiger partial charge in [-0.25, -0.2) is 0 Å². The Hall–Kier alpha value is -4.62. The molecule has 15 heteroatoms. The van der Waals surface area contributed by atoms with Gasteiger partial charge in [-0.3, -0.25) is 9.59 Å². The van der Waals surface area contributed by atoms with Crippen LogP contribution in [0.25, 0.3) is 0 Å². The van der Waals surface area contributed by atoms with E-state index >= 15 is 0 Å². The molecule has 2 aliphatic rings. The van der Waals surface area contributed by atoms with Crippen molar-refractivity contribution >= 4 is 11.9 Å². The fourth-order valence-corrected chi connectivity index (χ4v) is 7.09. The van der Waals surface area contributed by atoms with Gasteiger partial charge in [0.1, 0.15) is 55.4 Å². The van der Waals surface area contributed by atoms with Gasteiger partial charge in [0, 0.05) is 12.8 Å². The summed E-state index contributed by atoms with van der Waals surface area (Å²) in [6.07, 6.45) is 44.7. The van der Waals surface area contributed by atoms with Gasteiger partial charge >= 0.3 is 11.9 Å². The van der Waals surface area contributed by atoms with Crippen LogP contribution in [0.4, 0.5) is 0 Å². The van der Waals surface area contributed by atoms with Crippen LogP contribution in [0, 0.1) is 0 Å². The van der Waals surface area contributed by atoms with Crippen LogP contribution < -0.4 is 0 Å². The number of carbonyl (C=O) groups excluding carboxylic acids is 2. The van der Waals surface area contributed by atoms with E-state index in [1.54, 1.807) is 0 Å². The van der Waals surface area contributed by atoms with Crippen LogP contribution in [0.1, 0.15) is 117 Å². The standard InChI is InChI=1S/C59H88O15/c1-3-5-7-9-11-13-15-17-19-21-23-25-27-29-31-33-35-37-39-41-50(61)69-44-47(72-51(62)42-40-38-36-34-32-30-28-26-24-22-20-18-16-14-12-10-8-6-4-2)45-70-58-57(68)55(66)53(64)49(74-58)46-71-59-56(67)54(65)52(63)48(43-60)73-59/h5-8,11-14,17-20,23-26,29-32,35-38,47-49,52-60,63-68H,3-4,9-10,15-16,21-22,27-28,33-34,39-46H2,1-2H3/b7-5+,8-6+,13-11+,14-12+,19-17+,20-18+,25-23+,26-24+,31-29+,32-30+,37-35+,38-36+/t47-,48+,49+,52-,53-,54?,55?,56?,57?,58+,59+/m0/s1. The third-order valence-corrected chi connectivity index (χ3v) is 11.3. The first-order valence-electron chi connectivity index (χ1n) is 26.4. The first-order chi connectivity index (χ1) is 36.0. The third kappa shape index (κ3) is 30.7. The molecule has 2 fully saturated rings. The van der Waals surface area contributed by atoms with Gasteiger partial charge in [-0.15, -0.1) is 0 Å². The van der Waals surface area contributed by atoms with Gasteiger partial charge in [0.2, 0.25) is 0 Å². The number of rotatable bonds is 38. The summed E-state index contributed by atoms with van der Waals surface area (Å²) < 4.78 is 33.4. The number of esters is 2. The van der Waals surface area contributed by atoms with Gasteiger partial charge < -0.3 is 64.2 Å². The molecule has 7 N–H and O–H groups in total. The summed E-state index contributed by atoms with van der Waals surface area (Å²) in [5, 5.41) is 72.1. The van der Waals surface area contributed by atoms with E-state index in [0.29, 0.717) is 25.7 Å². The largest absolute Gasteiger partial charge is 0.462 e. The van der Waals surface area contributed by atoms with E-state index in [2.05, 4.69) is 129 Å². The van der Waals surface area contributed by atoms with E-state index in [1.807, 2.05) is 30.4 Å². The Balaban J connectivity index is 1.87. The first-order valence-corrected chi connectivity index (χ1v) is 26.4. The SMILES string of the molecule is CC/C=C/C/C=C/C/C=C/C/C=C/C/C=C/C/C=C/CCC(=O)OC[C@@H](CO[C@@H]1O[C@H](CO[C@@H]2O[C@H](CO)[C@H](O)C(O)C2O)[C@H](O)C(O)C1O)OC(=O)CC/C=C/C/C=C/C/C=C/C/C=C/C/C=C/C/C=C/CC. The molecule has 0 saturated carbocycles. The number of ether oxygens (including phenoxy) is 6. The van der Waals surface area contributed by atoms with Crippen LogP contribution in [0.5, 0.6) is 0 Å². The average molecular weight is 1040 g/mol. The lowest BCUT2D eigenvalue weighted by Crippen LogP contribution is -2.61. The summed E-state index contributed by atoms with van der Waals surface area (Å²) in [5.41, 5.74) is 0. The van der Waals surface area contributed by atoms with E-state index in [-0.39, 0.29) is 19.4 Å². The molecule has 2 heterocycles. The smallest absolute Gasteiger partial charge is 0.306 e. The van der Waals surface area contributed by atoms with Crippen molar-refractivity contribution in [2.75, 3.05) is 26.4 Å². The molecule has 0 aliphatic carbocycles. The van der Waals surface area contributed by atoms with E-state index in [0.717, 1.165) is 64.2 Å². The van der Waals surface area contributed by atoms with Crippen LogP contribution in [0.3, 0.4) is 0 Å². The Kier molecular flexibility index (Phi) is 38.6. The maximum absolute atomic E-state index is 13.0. The normalized spacial score (nSPS) is 25.9. The van der Waals surface area contributed by atoms with Gasteiger partial charge in [0.25, 0.3) is 0 Å². The fraction of sp³-hybridized carbons (Fsp3) is 0.559. The summed E-state index contributed by atoms with van der Waals surface area (Å²) in [4.78, 5) is 25.7. The number of allylic oxidation sites excluding steroid dienone is 24. The minimum Gasteiger partial charge on any atom is -0.462 e. The molecule has 4 unspecified atom stereocenters. The Morgan fingerprint density at radius 2 is 0.757 bits per heavy atom. The Morgan fingerprint density at radius 1 is 0.419 bits per heavy atom. The lowest BCUT2D eigenvalue weighted by atomic mass is 9.98. The fourth-order valence-electron chi connectivity index (χ4n) is 7.09. The molecule has 2 aliphatic heterocycles. The molecule has 11 atom stereocenters. The van der Waals surface area contributed by atoms with Crippen molar-refractivity contribution in [2.24, 2.45) is 0 Å². The average Bonchev–Trinajstić information content (AvgIpc) is 3.39. The minimum absolute atomic E-state index is 0.0140. The zero-order chi connectivity index (χ0) is 53.9. The van der Waals surface area contributed by atoms with E-state index in [1.165, 1.54) is 0 Å². The summed E-state index contributed by atoms with van der Waals surface area (Å²) >= 11 is 0. The number of carbonyl (C=O) groups is 2. The van der Waals surface area contributed by atoms with Gasteiger partial charge in [-0.05, 0) is 89.9 Å². The number of hydrogen-bond acceptors (Lipinski definition) is 15. The monoisotopic (exact) mass is 1040 g/mol. The Labute approximate surface area is 440 Å². The maximum atomic E-state index is 13.0. The van der Waals surface area contributed by atoms with Crippen molar-refractivity contribution in [2.45, 2.75) is 184 Å². The first kappa shape index (κ1) is 65.5. The highest BCUT2D eigenvalue weighted by Gasteiger charge is 2.47. The molecule has 74 heavy (non-hydrogen) atoms. The summed E-state index contributed by atoms with van der Waals surface area (Å²) in [6.45, 7) is 2.17. The van der Waals surface area contributed by atoms with Crippen LogP contribution in [-0.4, -0.2) is 142 Å². The minimum atomic E-state index is -1.80. The lowest BCUT2D eigenvalue weighted by molar-refractivity contribution is -0.332. The second kappa shape index (κ2) is 43.6. The maximum Gasteiger partial charge on any atom is 0.306 e.